The molecule has 2 atom stereocenters. The molecule has 0 radical (unpaired) electrons. The SMILES string of the molecule is CCC(C)(C)c1ccc2c(c1)C(OC)C2OC. The highest BCUT2D eigenvalue weighted by Crippen LogP contribution is 2.48. The zero-order valence-electron chi connectivity index (χ0n) is 11.4. The second kappa shape index (κ2) is 4.43. The van der Waals surface area contributed by atoms with E-state index in [1.165, 1.54) is 16.7 Å². The maximum absolute atomic E-state index is 5.49. The quantitative estimate of drug-likeness (QED) is 0.789. The molecule has 1 aromatic rings. The molecule has 0 saturated heterocycles. The summed E-state index contributed by atoms with van der Waals surface area (Å²) in [7, 11) is 3.49. The molecule has 1 aliphatic rings. The summed E-state index contributed by atoms with van der Waals surface area (Å²) in [5.41, 5.74) is 4.18. The van der Waals surface area contributed by atoms with Crippen LogP contribution in [0.15, 0.2) is 18.2 Å². The third kappa shape index (κ3) is 1.90. The van der Waals surface area contributed by atoms with E-state index in [0.717, 1.165) is 6.42 Å². The third-order valence-electron chi connectivity index (χ3n) is 4.15. The van der Waals surface area contributed by atoms with Gasteiger partial charge in [0.2, 0.25) is 0 Å². The summed E-state index contributed by atoms with van der Waals surface area (Å²) in [6, 6.07) is 6.69. The van der Waals surface area contributed by atoms with Crippen molar-refractivity contribution in [1.29, 1.82) is 0 Å². The van der Waals surface area contributed by atoms with E-state index in [0.29, 0.717) is 0 Å². The minimum atomic E-state index is 0.0996. The molecule has 0 aromatic heterocycles. The first-order chi connectivity index (χ1) is 8.05. The van der Waals surface area contributed by atoms with Gasteiger partial charge in [0, 0.05) is 14.2 Å². The number of methoxy groups -OCH3 is 2. The Morgan fingerprint density at radius 2 is 1.65 bits per heavy atom. The van der Waals surface area contributed by atoms with Crippen LogP contribution in [-0.2, 0) is 14.9 Å². The molecular formula is C15H22O2. The Kier molecular flexibility index (Phi) is 3.28. The molecule has 0 aliphatic heterocycles. The Balaban J connectivity index is 2.36. The maximum Gasteiger partial charge on any atom is 0.113 e. The fourth-order valence-electron chi connectivity index (χ4n) is 2.44. The molecule has 0 N–H and O–H groups in total. The van der Waals surface area contributed by atoms with Gasteiger partial charge in [0.05, 0.1) is 0 Å². The van der Waals surface area contributed by atoms with Gasteiger partial charge < -0.3 is 9.47 Å². The second-order valence-electron chi connectivity index (χ2n) is 5.39. The standard InChI is InChI=1S/C15H22O2/c1-6-15(2,3)10-7-8-11-12(9-10)14(17-5)13(11)16-4/h7-9,13-14H,6H2,1-5H3. The normalized spacial score (nSPS) is 23.1. The van der Waals surface area contributed by atoms with Gasteiger partial charge in [-0.2, -0.15) is 0 Å². The molecule has 0 saturated carbocycles. The average Bonchev–Trinajstić information content (AvgIpc) is 2.31. The number of benzene rings is 1. The lowest BCUT2D eigenvalue weighted by Gasteiger charge is -2.39. The Morgan fingerprint density at radius 1 is 1.06 bits per heavy atom. The van der Waals surface area contributed by atoms with Crippen LogP contribution in [0.4, 0.5) is 0 Å². The van der Waals surface area contributed by atoms with Gasteiger partial charge in [0.25, 0.3) is 0 Å². The van der Waals surface area contributed by atoms with Gasteiger partial charge in [0.15, 0.2) is 0 Å². The van der Waals surface area contributed by atoms with E-state index in [9.17, 15) is 0 Å². The molecule has 2 nitrogen and oxygen atoms in total. The monoisotopic (exact) mass is 234 g/mol. The number of ether oxygens (including phenoxy) is 2. The molecule has 0 heterocycles. The summed E-state index contributed by atoms with van der Waals surface area (Å²) in [6.07, 6.45) is 1.34. The van der Waals surface area contributed by atoms with Gasteiger partial charge in [-0.05, 0) is 28.5 Å². The molecular weight excluding hydrogens is 212 g/mol. The first-order valence-electron chi connectivity index (χ1n) is 6.25. The summed E-state index contributed by atoms with van der Waals surface area (Å²) >= 11 is 0. The summed E-state index contributed by atoms with van der Waals surface area (Å²) in [4.78, 5) is 0. The van der Waals surface area contributed by atoms with Crippen molar-refractivity contribution in [2.24, 2.45) is 0 Å². The fraction of sp³-hybridized carbons (Fsp3) is 0.600. The smallest absolute Gasteiger partial charge is 0.113 e. The number of fused-ring (bicyclic) bond motifs is 1. The van der Waals surface area contributed by atoms with E-state index in [2.05, 4.69) is 39.0 Å². The Hall–Kier alpha value is -0.860. The topological polar surface area (TPSA) is 18.5 Å². The van der Waals surface area contributed by atoms with Crippen molar-refractivity contribution in [2.75, 3.05) is 14.2 Å². The highest BCUT2D eigenvalue weighted by molar-refractivity contribution is 5.45. The van der Waals surface area contributed by atoms with Crippen molar-refractivity contribution >= 4 is 0 Å². The van der Waals surface area contributed by atoms with Crippen molar-refractivity contribution in [3.05, 3.63) is 34.9 Å². The molecule has 2 unspecified atom stereocenters. The predicted molar refractivity (Wildman–Crippen MR) is 69.3 cm³/mol. The van der Waals surface area contributed by atoms with Gasteiger partial charge in [-0.15, -0.1) is 0 Å². The minimum absolute atomic E-state index is 0.0996. The van der Waals surface area contributed by atoms with Crippen molar-refractivity contribution in [3.8, 4) is 0 Å². The molecule has 0 fully saturated rings. The fourth-order valence-corrected chi connectivity index (χ4v) is 2.44. The van der Waals surface area contributed by atoms with Crippen LogP contribution in [0.5, 0.6) is 0 Å². The number of hydrogen-bond acceptors (Lipinski definition) is 2. The highest BCUT2D eigenvalue weighted by atomic mass is 16.5. The minimum Gasteiger partial charge on any atom is -0.374 e. The van der Waals surface area contributed by atoms with Gasteiger partial charge in [0.1, 0.15) is 12.2 Å². The second-order valence-corrected chi connectivity index (χ2v) is 5.39. The van der Waals surface area contributed by atoms with Gasteiger partial charge in [-0.25, -0.2) is 0 Å². The molecule has 94 valence electrons. The van der Waals surface area contributed by atoms with E-state index in [4.69, 9.17) is 9.47 Å². The van der Waals surface area contributed by atoms with Crippen LogP contribution >= 0.6 is 0 Å². The van der Waals surface area contributed by atoms with Gasteiger partial charge in [-0.3, -0.25) is 0 Å². The lowest BCUT2D eigenvalue weighted by Crippen LogP contribution is -2.28. The molecule has 0 spiro atoms. The Labute approximate surface area is 104 Å². The van der Waals surface area contributed by atoms with Crippen LogP contribution in [0.25, 0.3) is 0 Å². The zero-order valence-corrected chi connectivity index (χ0v) is 11.4. The molecule has 1 aliphatic carbocycles. The van der Waals surface area contributed by atoms with Crippen LogP contribution in [0, 0.1) is 0 Å². The van der Waals surface area contributed by atoms with Crippen molar-refractivity contribution in [3.63, 3.8) is 0 Å². The predicted octanol–water partition coefficient (Wildman–Crippen LogP) is 3.76. The highest BCUT2D eigenvalue weighted by Gasteiger charge is 2.38. The van der Waals surface area contributed by atoms with Crippen LogP contribution in [0.2, 0.25) is 0 Å². The zero-order chi connectivity index (χ0) is 12.6. The van der Waals surface area contributed by atoms with Crippen molar-refractivity contribution < 1.29 is 9.47 Å². The number of hydrogen-bond donors (Lipinski definition) is 0. The summed E-state index contributed by atoms with van der Waals surface area (Å²) in [5.74, 6) is 0. The van der Waals surface area contributed by atoms with E-state index in [-0.39, 0.29) is 17.6 Å². The first kappa shape index (κ1) is 12.6. The number of rotatable bonds is 4. The molecule has 17 heavy (non-hydrogen) atoms. The summed E-state index contributed by atoms with van der Waals surface area (Å²) in [6.45, 7) is 6.79. The largest absolute Gasteiger partial charge is 0.374 e. The summed E-state index contributed by atoms with van der Waals surface area (Å²) in [5, 5.41) is 0. The van der Waals surface area contributed by atoms with Gasteiger partial charge >= 0.3 is 0 Å². The average molecular weight is 234 g/mol. The lowest BCUT2D eigenvalue weighted by atomic mass is 9.75. The van der Waals surface area contributed by atoms with Crippen LogP contribution in [0.1, 0.15) is 56.1 Å². The molecule has 1 aromatic carbocycles. The van der Waals surface area contributed by atoms with E-state index < -0.39 is 0 Å². The maximum atomic E-state index is 5.49. The molecule has 0 amide bonds. The van der Waals surface area contributed by atoms with E-state index in [1.807, 2.05) is 0 Å². The third-order valence-corrected chi connectivity index (χ3v) is 4.15. The molecule has 2 heteroatoms. The van der Waals surface area contributed by atoms with Crippen LogP contribution < -0.4 is 0 Å². The Morgan fingerprint density at radius 3 is 2.18 bits per heavy atom. The van der Waals surface area contributed by atoms with Crippen LogP contribution in [0.3, 0.4) is 0 Å². The molecule has 2 rings (SSSR count). The summed E-state index contributed by atoms with van der Waals surface area (Å²) < 4.78 is 10.9. The molecule has 0 bridgehead atoms. The van der Waals surface area contributed by atoms with Gasteiger partial charge in [-0.1, -0.05) is 39.0 Å². The Bertz CT molecular complexity index is 409. The van der Waals surface area contributed by atoms with Crippen molar-refractivity contribution in [2.45, 2.75) is 44.8 Å². The first-order valence-corrected chi connectivity index (χ1v) is 6.25. The lowest BCUT2D eigenvalue weighted by molar-refractivity contribution is -0.0653. The van der Waals surface area contributed by atoms with E-state index >= 15 is 0 Å². The van der Waals surface area contributed by atoms with Crippen LogP contribution in [-0.4, -0.2) is 14.2 Å². The van der Waals surface area contributed by atoms with E-state index in [1.54, 1.807) is 14.2 Å². The van der Waals surface area contributed by atoms with Crippen molar-refractivity contribution in [1.82, 2.24) is 0 Å².